The van der Waals surface area contributed by atoms with Crippen LogP contribution in [0, 0.1) is 0 Å². The van der Waals surface area contributed by atoms with E-state index >= 15 is 0 Å². The first-order valence-corrected chi connectivity index (χ1v) is 15.6. The third-order valence-electron chi connectivity index (χ3n) is 6.33. The van der Waals surface area contributed by atoms with Crippen molar-refractivity contribution < 1.29 is 42.9 Å². The van der Waals surface area contributed by atoms with Crippen molar-refractivity contribution in [2.45, 2.75) is 104 Å². The average Bonchev–Trinajstić information content (AvgIpc) is 2.99. The van der Waals surface area contributed by atoms with Crippen LogP contribution >= 0.6 is 0 Å². The predicted octanol–water partition coefficient (Wildman–Crippen LogP) is 5.23. The molecular formula is C32H49N5O9. The molecule has 1 rings (SSSR count). The van der Waals surface area contributed by atoms with Crippen molar-refractivity contribution in [2.24, 2.45) is 5.11 Å². The second kappa shape index (κ2) is 22.5. The minimum Gasteiger partial charge on any atom is -0.491 e. The molecule has 2 N–H and O–H groups in total. The number of hydrogen-bond acceptors (Lipinski definition) is 10. The molecule has 2 atom stereocenters. The Morgan fingerprint density at radius 1 is 1.02 bits per heavy atom. The molecule has 0 heterocycles. The van der Waals surface area contributed by atoms with Crippen LogP contribution in [0.15, 0.2) is 29.4 Å². The van der Waals surface area contributed by atoms with Crippen molar-refractivity contribution in [3.05, 3.63) is 40.3 Å². The van der Waals surface area contributed by atoms with E-state index in [0.717, 1.165) is 6.42 Å². The van der Waals surface area contributed by atoms with Crippen LogP contribution in [0.5, 0.6) is 5.75 Å². The maximum absolute atomic E-state index is 12.9. The molecule has 0 spiro atoms. The molecule has 14 heteroatoms. The Hall–Kier alpha value is -4.00. The van der Waals surface area contributed by atoms with Crippen molar-refractivity contribution in [1.29, 1.82) is 0 Å². The first-order chi connectivity index (χ1) is 21.8. The van der Waals surface area contributed by atoms with E-state index in [1.54, 1.807) is 52.0 Å². The van der Waals surface area contributed by atoms with Gasteiger partial charge >= 0.3 is 6.09 Å². The van der Waals surface area contributed by atoms with Crippen LogP contribution in [0.3, 0.4) is 0 Å². The van der Waals surface area contributed by atoms with E-state index in [-0.39, 0.29) is 62.7 Å². The molecule has 2 unspecified atom stereocenters. The van der Waals surface area contributed by atoms with Gasteiger partial charge < -0.3 is 34.4 Å². The normalized spacial score (nSPS) is 12.3. The first kappa shape index (κ1) is 40.0. The van der Waals surface area contributed by atoms with Gasteiger partial charge in [0.15, 0.2) is 17.8 Å². The maximum Gasteiger partial charge on any atom is 0.408 e. The standard InChI is InChI=1S/C32H49N5O9/c1-6-25(39)21-43-18-19-44-29(36-37-33)22-45-26-14-10-13-24(20-26)28(40)16-11-17-34-30(41)27(15-9-7-8-12-23(2)38)35-31(42)46-32(3,4)5/h10,13-14,20,27,29H,6-9,11-12,15-19,21-22H2,1-5H3,(H,34,41)(H,35,42). The second-order valence-corrected chi connectivity index (χ2v) is 11.6. The molecule has 0 bridgehead atoms. The highest BCUT2D eigenvalue weighted by Crippen LogP contribution is 2.16. The molecule has 46 heavy (non-hydrogen) atoms. The van der Waals surface area contributed by atoms with Gasteiger partial charge in [-0.25, -0.2) is 4.79 Å². The van der Waals surface area contributed by atoms with Crippen LogP contribution in [0.1, 0.15) is 96.3 Å². The number of Topliss-reactive ketones (excluding diaryl/α,β-unsaturated/α-hetero) is 3. The van der Waals surface area contributed by atoms with Crippen LogP contribution in [0.2, 0.25) is 0 Å². The van der Waals surface area contributed by atoms with Gasteiger partial charge in [-0.05, 0) is 64.6 Å². The lowest BCUT2D eigenvalue weighted by Crippen LogP contribution is -2.48. The fourth-order valence-corrected chi connectivity index (χ4v) is 3.98. The first-order valence-electron chi connectivity index (χ1n) is 15.6. The quantitative estimate of drug-likeness (QED) is 0.0497. The van der Waals surface area contributed by atoms with Gasteiger partial charge in [-0.1, -0.05) is 37.0 Å². The zero-order valence-corrected chi connectivity index (χ0v) is 27.7. The second-order valence-electron chi connectivity index (χ2n) is 11.6. The summed E-state index contributed by atoms with van der Waals surface area (Å²) in [5.74, 6) is -0.0715. The van der Waals surface area contributed by atoms with Gasteiger partial charge in [-0.2, -0.15) is 0 Å². The van der Waals surface area contributed by atoms with Gasteiger partial charge in [0, 0.05) is 36.3 Å². The number of nitrogens with one attached hydrogen (secondary N) is 2. The number of ether oxygens (including phenoxy) is 4. The Morgan fingerprint density at radius 2 is 1.78 bits per heavy atom. The highest BCUT2D eigenvalue weighted by molar-refractivity contribution is 5.96. The van der Waals surface area contributed by atoms with E-state index in [1.807, 2.05) is 0 Å². The molecule has 0 aromatic heterocycles. The molecule has 0 aliphatic carbocycles. The van der Waals surface area contributed by atoms with Gasteiger partial charge in [0.1, 0.15) is 36.4 Å². The highest BCUT2D eigenvalue weighted by Gasteiger charge is 2.24. The van der Waals surface area contributed by atoms with Crippen LogP contribution in [-0.4, -0.2) is 80.2 Å². The summed E-state index contributed by atoms with van der Waals surface area (Å²) in [6, 6.07) is 5.72. The van der Waals surface area contributed by atoms with Crippen LogP contribution < -0.4 is 15.4 Å². The molecule has 0 radical (unpaired) electrons. The summed E-state index contributed by atoms with van der Waals surface area (Å²) in [5, 5.41) is 8.97. The molecule has 1 aromatic carbocycles. The summed E-state index contributed by atoms with van der Waals surface area (Å²) in [5.41, 5.74) is 8.51. The summed E-state index contributed by atoms with van der Waals surface area (Å²) in [6.07, 6.45) is 2.23. The Bertz CT molecular complexity index is 1180. The fourth-order valence-electron chi connectivity index (χ4n) is 3.98. The van der Waals surface area contributed by atoms with E-state index in [1.165, 1.54) is 6.92 Å². The van der Waals surface area contributed by atoms with Crippen molar-refractivity contribution in [3.8, 4) is 5.75 Å². The predicted molar refractivity (Wildman–Crippen MR) is 170 cm³/mol. The van der Waals surface area contributed by atoms with Gasteiger partial charge in [-0.15, -0.1) is 0 Å². The third kappa shape index (κ3) is 19.4. The minimum absolute atomic E-state index is 0.00834. The third-order valence-corrected chi connectivity index (χ3v) is 6.33. The number of azide groups is 1. The van der Waals surface area contributed by atoms with Crippen LogP contribution in [0.25, 0.3) is 10.4 Å². The summed E-state index contributed by atoms with van der Waals surface area (Å²) < 4.78 is 21.6. The summed E-state index contributed by atoms with van der Waals surface area (Å²) in [6.45, 7) is 8.83. The average molecular weight is 648 g/mol. The number of unbranched alkanes of at least 4 members (excludes halogenated alkanes) is 2. The summed E-state index contributed by atoms with van der Waals surface area (Å²) >= 11 is 0. The van der Waals surface area contributed by atoms with Crippen LogP contribution in [-0.2, 0) is 28.6 Å². The number of nitrogens with zero attached hydrogens (tertiary/aromatic N) is 3. The molecule has 0 saturated heterocycles. The van der Waals surface area contributed by atoms with E-state index in [4.69, 9.17) is 24.5 Å². The fraction of sp³-hybridized carbons (Fsp3) is 0.656. The van der Waals surface area contributed by atoms with E-state index < -0.39 is 24.0 Å². The number of benzene rings is 1. The molecule has 14 nitrogen and oxygen atoms in total. The zero-order chi connectivity index (χ0) is 34.4. The molecule has 0 aliphatic heterocycles. The zero-order valence-electron chi connectivity index (χ0n) is 27.7. The Balaban J connectivity index is 2.57. The smallest absolute Gasteiger partial charge is 0.408 e. The minimum atomic E-state index is -0.937. The van der Waals surface area contributed by atoms with Gasteiger partial charge in [0.05, 0.1) is 13.2 Å². The molecule has 0 fully saturated rings. The number of carbonyl (C=O) groups is 5. The molecule has 256 valence electrons. The van der Waals surface area contributed by atoms with Gasteiger partial charge in [0.25, 0.3) is 0 Å². The Morgan fingerprint density at radius 3 is 2.46 bits per heavy atom. The SMILES string of the molecule is CCC(=O)COCCOC(COc1cccc(C(=O)CCCNC(=O)C(CCCCCC(C)=O)NC(=O)OC(C)(C)C)c1)N=[N+]=[N-]. The lowest BCUT2D eigenvalue weighted by molar-refractivity contribution is -0.124. The van der Waals surface area contributed by atoms with Crippen LogP contribution in [0.4, 0.5) is 4.79 Å². The maximum atomic E-state index is 12.9. The molecule has 2 amide bonds. The van der Waals surface area contributed by atoms with E-state index in [2.05, 4.69) is 20.7 Å². The number of carbonyl (C=O) groups excluding carboxylic acids is 5. The van der Waals surface area contributed by atoms with Crippen molar-refractivity contribution >= 4 is 29.4 Å². The summed E-state index contributed by atoms with van der Waals surface area (Å²) in [7, 11) is 0. The Kier molecular flexibility index (Phi) is 19.6. The monoisotopic (exact) mass is 647 g/mol. The van der Waals surface area contributed by atoms with Gasteiger partial charge in [0.2, 0.25) is 5.91 Å². The Labute approximate surface area is 270 Å². The number of amides is 2. The molecule has 0 saturated carbocycles. The van der Waals surface area contributed by atoms with Crippen molar-refractivity contribution in [3.63, 3.8) is 0 Å². The number of alkyl carbamates (subject to hydrolysis) is 1. The molecule has 1 aromatic rings. The molecule has 0 aliphatic rings. The van der Waals surface area contributed by atoms with Crippen molar-refractivity contribution in [2.75, 3.05) is 33.0 Å². The number of ketones is 3. The molecular weight excluding hydrogens is 598 g/mol. The lowest BCUT2D eigenvalue weighted by atomic mass is 10.0. The van der Waals surface area contributed by atoms with Crippen molar-refractivity contribution in [1.82, 2.24) is 10.6 Å². The van der Waals surface area contributed by atoms with E-state index in [9.17, 15) is 24.0 Å². The van der Waals surface area contributed by atoms with Gasteiger partial charge in [-0.3, -0.25) is 14.4 Å². The highest BCUT2D eigenvalue weighted by atomic mass is 16.6. The number of rotatable bonds is 24. The number of hydrogen-bond donors (Lipinski definition) is 2. The lowest BCUT2D eigenvalue weighted by Gasteiger charge is -2.23. The topological polar surface area (TPSA) is 195 Å². The van der Waals surface area contributed by atoms with E-state index in [0.29, 0.717) is 49.8 Å². The summed E-state index contributed by atoms with van der Waals surface area (Å²) in [4.78, 5) is 63.2. The largest absolute Gasteiger partial charge is 0.491 e.